The van der Waals surface area contributed by atoms with Crippen molar-refractivity contribution in [2.24, 2.45) is 0 Å². The Morgan fingerprint density at radius 1 is 1.35 bits per heavy atom. The van der Waals surface area contributed by atoms with Crippen LogP contribution in [0.1, 0.15) is 23.1 Å². The number of rotatable bonds is 5. The maximum atomic E-state index is 10.7. The van der Waals surface area contributed by atoms with Gasteiger partial charge in [-0.25, -0.2) is 0 Å². The van der Waals surface area contributed by atoms with Crippen molar-refractivity contribution in [2.45, 2.75) is 26.7 Å². The van der Waals surface area contributed by atoms with Crippen molar-refractivity contribution in [1.29, 1.82) is 0 Å². The zero-order chi connectivity index (χ0) is 14.7. The first-order chi connectivity index (χ1) is 9.52. The Hall–Kier alpha value is -2.30. The fourth-order valence-corrected chi connectivity index (χ4v) is 2.13. The second kappa shape index (κ2) is 5.77. The van der Waals surface area contributed by atoms with Gasteiger partial charge in [0, 0.05) is 12.0 Å². The van der Waals surface area contributed by atoms with Crippen molar-refractivity contribution in [3.05, 3.63) is 35.0 Å². The van der Waals surface area contributed by atoms with Crippen molar-refractivity contribution in [3.8, 4) is 17.0 Å². The smallest absolute Gasteiger partial charge is 0.303 e. The Bertz CT molecular complexity index is 632. The summed E-state index contributed by atoms with van der Waals surface area (Å²) in [5.74, 6) is -0.0573. The van der Waals surface area contributed by atoms with Crippen LogP contribution >= 0.6 is 0 Å². The Kier molecular flexibility index (Phi) is 4.08. The van der Waals surface area contributed by atoms with Crippen LogP contribution in [0.25, 0.3) is 11.3 Å². The minimum atomic E-state index is -0.816. The molecule has 5 heteroatoms. The molecule has 0 saturated heterocycles. The van der Waals surface area contributed by atoms with Crippen molar-refractivity contribution in [2.75, 3.05) is 7.11 Å². The summed E-state index contributed by atoms with van der Waals surface area (Å²) < 4.78 is 5.42. The van der Waals surface area contributed by atoms with Gasteiger partial charge in [0.1, 0.15) is 5.75 Å². The molecule has 2 aromatic rings. The number of methoxy groups -OCH3 is 1. The molecule has 106 valence electrons. The lowest BCUT2D eigenvalue weighted by atomic mass is 9.99. The number of hydrogen-bond acceptors (Lipinski definition) is 3. The topological polar surface area (TPSA) is 75.2 Å². The van der Waals surface area contributed by atoms with E-state index in [4.69, 9.17) is 9.84 Å². The van der Waals surface area contributed by atoms with Crippen LogP contribution in [0.2, 0.25) is 0 Å². The number of nitrogens with one attached hydrogen (secondary N) is 1. The Balaban J connectivity index is 2.44. The van der Waals surface area contributed by atoms with Crippen LogP contribution < -0.4 is 4.74 Å². The van der Waals surface area contributed by atoms with E-state index in [1.165, 1.54) is 0 Å². The molecule has 0 bridgehead atoms. The van der Waals surface area contributed by atoms with E-state index in [2.05, 4.69) is 10.2 Å². The van der Waals surface area contributed by atoms with E-state index < -0.39 is 5.97 Å². The van der Waals surface area contributed by atoms with Gasteiger partial charge in [0.2, 0.25) is 0 Å². The van der Waals surface area contributed by atoms with E-state index in [1.54, 1.807) is 13.3 Å². The average Bonchev–Trinajstić information content (AvgIpc) is 2.87. The van der Waals surface area contributed by atoms with Crippen molar-refractivity contribution in [3.63, 3.8) is 0 Å². The average molecular weight is 274 g/mol. The Morgan fingerprint density at radius 3 is 2.70 bits per heavy atom. The van der Waals surface area contributed by atoms with Gasteiger partial charge in [-0.3, -0.25) is 9.89 Å². The summed E-state index contributed by atoms with van der Waals surface area (Å²) in [7, 11) is 1.63. The number of nitrogens with zero attached hydrogens (tertiary/aromatic N) is 1. The number of aliphatic carboxylic acids is 1. The maximum absolute atomic E-state index is 10.7. The highest BCUT2D eigenvalue weighted by Gasteiger charge is 2.14. The zero-order valence-electron chi connectivity index (χ0n) is 11.9. The molecule has 0 amide bonds. The first-order valence-corrected chi connectivity index (χ1v) is 6.42. The lowest BCUT2D eigenvalue weighted by Crippen LogP contribution is -1.99. The predicted octanol–water partition coefficient (Wildman–Crippen LogP) is 2.72. The number of carboxylic acids is 1. The molecule has 1 aromatic heterocycles. The third-order valence-corrected chi connectivity index (χ3v) is 3.41. The van der Waals surface area contributed by atoms with Crippen molar-refractivity contribution < 1.29 is 14.6 Å². The van der Waals surface area contributed by atoms with Crippen LogP contribution in [-0.2, 0) is 11.2 Å². The molecular formula is C15H18N2O3. The van der Waals surface area contributed by atoms with Crippen LogP contribution in [0.4, 0.5) is 0 Å². The number of aromatic amines is 1. The van der Waals surface area contributed by atoms with Crippen LogP contribution in [-0.4, -0.2) is 28.4 Å². The highest BCUT2D eigenvalue weighted by molar-refractivity contribution is 5.73. The van der Waals surface area contributed by atoms with Gasteiger partial charge in [-0.1, -0.05) is 0 Å². The summed E-state index contributed by atoms with van der Waals surface area (Å²) in [6.45, 7) is 4.06. The molecular weight excluding hydrogens is 256 g/mol. The lowest BCUT2D eigenvalue weighted by molar-refractivity contribution is -0.136. The molecule has 0 aliphatic rings. The largest absolute Gasteiger partial charge is 0.496 e. The van der Waals surface area contributed by atoms with Gasteiger partial charge >= 0.3 is 5.97 Å². The first-order valence-electron chi connectivity index (χ1n) is 6.42. The SMILES string of the molecule is COc1cc(C)c(C)cc1-c1[nH]ncc1CCC(=O)O. The third-order valence-electron chi connectivity index (χ3n) is 3.41. The molecule has 2 N–H and O–H groups in total. The van der Waals surface area contributed by atoms with E-state index in [-0.39, 0.29) is 6.42 Å². The normalized spacial score (nSPS) is 10.6. The number of aromatic nitrogens is 2. The zero-order valence-corrected chi connectivity index (χ0v) is 11.9. The molecule has 1 heterocycles. The molecule has 5 nitrogen and oxygen atoms in total. The summed E-state index contributed by atoms with van der Waals surface area (Å²) in [6, 6.07) is 4.01. The fourth-order valence-electron chi connectivity index (χ4n) is 2.13. The molecule has 0 unspecified atom stereocenters. The molecule has 0 radical (unpaired) electrons. The Morgan fingerprint density at radius 2 is 2.05 bits per heavy atom. The van der Waals surface area contributed by atoms with Crippen molar-refractivity contribution in [1.82, 2.24) is 10.2 Å². The van der Waals surface area contributed by atoms with Gasteiger partial charge in [-0.05, 0) is 49.1 Å². The molecule has 1 aromatic carbocycles. The minimum Gasteiger partial charge on any atom is -0.496 e. The van der Waals surface area contributed by atoms with Crippen LogP contribution in [0, 0.1) is 13.8 Å². The van der Waals surface area contributed by atoms with E-state index in [1.807, 2.05) is 26.0 Å². The minimum absolute atomic E-state index is 0.0830. The number of hydrogen-bond donors (Lipinski definition) is 2. The van der Waals surface area contributed by atoms with E-state index in [0.29, 0.717) is 6.42 Å². The molecule has 0 aliphatic carbocycles. The van der Waals surface area contributed by atoms with Crippen LogP contribution in [0.3, 0.4) is 0 Å². The monoisotopic (exact) mass is 274 g/mol. The number of ether oxygens (including phenoxy) is 1. The lowest BCUT2D eigenvalue weighted by Gasteiger charge is -2.12. The molecule has 0 saturated carbocycles. The summed E-state index contributed by atoms with van der Waals surface area (Å²) in [5.41, 5.74) is 4.92. The highest BCUT2D eigenvalue weighted by atomic mass is 16.5. The highest BCUT2D eigenvalue weighted by Crippen LogP contribution is 2.33. The van der Waals surface area contributed by atoms with Crippen LogP contribution in [0.5, 0.6) is 5.75 Å². The standard InChI is InChI=1S/C15H18N2O3/c1-9-6-12(13(20-3)7-10(9)2)15-11(8-16-17-15)4-5-14(18)19/h6-8H,4-5H2,1-3H3,(H,16,17)(H,18,19). The van der Waals surface area contributed by atoms with Gasteiger partial charge in [0.05, 0.1) is 19.0 Å². The number of H-pyrrole nitrogens is 1. The van der Waals surface area contributed by atoms with E-state index in [9.17, 15) is 4.79 Å². The fraction of sp³-hybridized carbons (Fsp3) is 0.333. The van der Waals surface area contributed by atoms with Gasteiger partial charge < -0.3 is 9.84 Å². The number of carboxylic acid groups (broad SMARTS) is 1. The number of carbonyl (C=O) groups is 1. The van der Waals surface area contributed by atoms with Gasteiger partial charge in [0.15, 0.2) is 0 Å². The summed E-state index contributed by atoms with van der Waals surface area (Å²) in [5, 5.41) is 15.8. The van der Waals surface area contributed by atoms with Crippen LogP contribution in [0.15, 0.2) is 18.3 Å². The molecule has 0 aliphatic heterocycles. The molecule has 0 atom stereocenters. The third kappa shape index (κ3) is 2.82. The second-order valence-electron chi connectivity index (χ2n) is 4.80. The first kappa shape index (κ1) is 14.1. The Labute approximate surface area is 117 Å². The molecule has 0 fully saturated rings. The summed E-state index contributed by atoms with van der Waals surface area (Å²) in [6.07, 6.45) is 2.20. The summed E-state index contributed by atoms with van der Waals surface area (Å²) in [4.78, 5) is 10.7. The molecule has 2 rings (SSSR count). The number of benzene rings is 1. The predicted molar refractivity (Wildman–Crippen MR) is 76.0 cm³/mol. The van der Waals surface area contributed by atoms with Crippen molar-refractivity contribution >= 4 is 5.97 Å². The second-order valence-corrected chi connectivity index (χ2v) is 4.80. The quantitative estimate of drug-likeness (QED) is 0.879. The van der Waals surface area contributed by atoms with Gasteiger partial charge in [0.25, 0.3) is 0 Å². The van der Waals surface area contributed by atoms with E-state index >= 15 is 0 Å². The molecule has 20 heavy (non-hydrogen) atoms. The van der Waals surface area contributed by atoms with E-state index in [0.717, 1.165) is 33.7 Å². The molecule has 0 spiro atoms. The maximum Gasteiger partial charge on any atom is 0.303 e. The summed E-state index contributed by atoms with van der Waals surface area (Å²) >= 11 is 0. The van der Waals surface area contributed by atoms with Gasteiger partial charge in [-0.15, -0.1) is 0 Å². The van der Waals surface area contributed by atoms with Gasteiger partial charge in [-0.2, -0.15) is 5.10 Å². The number of aryl methyl sites for hydroxylation is 3.